The molecule has 1 atom stereocenters. The van der Waals surface area contributed by atoms with Crippen molar-refractivity contribution in [2.24, 2.45) is 13.0 Å². The largest absolute Gasteiger partial charge is 0.350 e. The van der Waals surface area contributed by atoms with Crippen LogP contribution in [0.2, 0.25) is 0 Å². The molecule has 0 spiro atoms. The van der Waals surface area contributed by atoms with Gasteiger partial charge in [-0.2, -0.15) is 0 Å². The second-order valence-electron chi connectivity index (χ2n) is 7.45. The first kappa shape index (κ1) is 17.9. The summed E-state index contributed by atoms with van der Waals surface area (Å²) in [6.45, 7) is 2.73. The Hall–Kier alpha value is -2.18. The molecule has 28 heavy (non-hydrogen) atoms. The van der Waals surface area contributed by atoms with Gasteiger partial charge in [-0.15, -0.1) is 0 Å². The molecule has 0 saturated carbocycles. The molecule has 1 aromatic carbocycles. The van der Waals surface area contributed by atoms with Crippen LogP contribution >= 0.6 is 0 Å². The van der Waals surface area contributed by atoms with Gasteiger partial charge in [-0.1, -0.05) is 42.5 Å². The maximum atomic E-state index is 5.64. The van der Waals surface area contributed by atoms with E-state index < -0.39 is 0 Å². The van der Waals surface area contributed by atoms with Crippen LogP contribution in [0.5, 0.6) is 0 Å². The minimum atomic E-state index is -0.223. The Morgan fingerprint density at radius 3 is 2.29 bits per heavy atom. The fraction of sp³-hybridized carbons (Fsp3) is 0.391. The average Bonchev–Trinajstić information content (AvgIpc) is 3.50. The summed E-state index contributed by atoms with van der Waals surface area (Å²) < 4.78 is 24.6. The molecular formula is C23H25NO4. The lowest BCUT2D eigenvalue weighted by Crippen LogP contribution is -2.20. The molecule has 0 radical (unpaired) electrons. The van der Waals surface area contributed by atoms with Gasteiger partial charge in [0, 0.05) is 30.4 Å². The lowest BCUT2D eigenvalue weighted by molar-refractivity contribution is -0.0696. The summed E-state index contributed by atoms with van der Waals surface area (Å²) >= 11 is 0. The number of rotatable bonds is 4. The number of hydrogen-bond donors (Lipinski definition) is 0. The Kier molecular flexibility index (Phi) is 4.91. The predicted octanol–water partition coefficient (Wildman–Crippen LogP) is 4.07. The van der Waals surface area contributed by atoms with E-state index in [-0.39, 0.29) is 12.6 Å². The number of nitrogens with zero attached hydrogens (tertiary/aromatic N) is 1. The van der Waals surface area contributed by atoms with Gasteiger partial charge in [0.25, 0.3) is 0 Å². The predicted molar refractivity (Wildman–Crippen MR) is 106 cm³/mol. The van der Waals surface area contributed by atoms with E-state index in [0.717, 1.165) is 12.0 Å². The van der Waals surface area contributed by atoms with Crippen LogP contribution in [0.25, 0.3) is 16.7 Å². The van der Waals surface area contributed by atoms with Crippen LogP contribution in [0.15, 0.2) is 54.8 Å². The van der Waals surface area contributed by atoms with Crippen LogP contribution in [-0.2, 0) is 26.0 Å². The molecule has 1 unspecified atom stereocenters. The third-order valence-corrected chi connectivity index (χ3v) is 5.57. The summed E-state index contributed by atoms with van der Waals surface area (Å²) in [5, 5.41) is 0. The fourth-order valence-corrected chi connectivity index (χ4v) is 4.05. The number of ether oxygens (including phenoxy) is 4. The topological polar surface area (TPSA) is 41.9 Å². The molecule has 5 rings (SSSR count). The van der Waals surface area contributed by atoms with E-state index in [9.17, 15) is 0 Å². The van der Waals surface area contributed by atoms with Crippen LogP contribution in [0.1, 0.15) is 24.0 Å². The van der Waals surface area contributed by atoms with Gasteiger partial charge in [-0.25, -0.2) is 0 Å². The molecule has 0 N–H and O–H groups in total. The van der Waals surface area contributed by atoms with E-state index >= 15 is 0 Å². The van der Waals surface area contributed by atoms with Gasteiger partial charge >= 0.3 is 0 Å². The Balaban J connectivity index is 1.32. The van der Waals surface area contributed by atoms with Crippen molar-refractivity contribution in [3.8, 4) is 11.1 Å². The molecule has 3 aliphatic rings. The van der Waals surface area contributed by atoms with Crippen molar-refractivity contribution < 1.29 is 18.9 Å². The van der Waals surface area contributed by atoms with E-state index in [2.05, 4.69) is 66.4 Å². The van der Waals surface area contributed by atoms with Crippen LogP contribution < -0.4 is 0 Å². The minimum Gasteiger partial charge on any atom is -0.350 e. The molecule has 1 aliphatic carbocycles. The third kappa shape index (κ3) is 3.47. The van der Waals surface area contributed by atoms with Crippen LogP contribution in [0.3, 0.4) is 0 Å². The van der Waals surface area contributed by atoms with E-state index in [4.69, 9.17) is 18.9 Å². The highest BCUT2D eigenvalue weighted by Gasteiger charge is 2.26. The second kappa shape index (κ2) is 7.68. The number of hydrogen-bond acceptors (Lipinski definition) is 4. The molecule has 2 saturated heterocycles. The lowest BCUT2D eigenvalue weighted by atomic mass is 9.94. The van der Waals surface area contributed by atoms with Crippen molar-refractivity contribution in [1.29, 1.82) is 0 Å². The van der Waals surface area contributed by atoms with Gasteiger partial charge in [0.05, 0.1) is 26.4 Å². The standard InChI is InChI=1S/C23H25NO4/c1-24-15-20(16-2-6-18(7-3-16)22-25-10-11-26-22)14-21(24)17-4-8-19(9-5-17)23-27-12-13-28-23/h2-8,14-15,19,22-23H,9-13H2,1H3. The van der Waals surface area contributed by atoms with Crippen LogP contribution in [0.4, 0.5) is 0 Å². The van der Waals surface area contributed by atoms with Crippen LogP contribution in [0, 0.1) is 5.92 Å². The molecule has 5 heteroatoms. The summed E-state index contributed by atoms with van der Waals surface area (Å²) in [4.78, 5) is 0. The number of benzene rings is 1. The van der Waals surface area contributed by atoms with Crippen molar-refractivity contribution in [2.45, 2.75) is 19.0 Å². The number of aryl methyl sites for hydroxylation is 1. The zero-order valence-electron chi connectivity index (χ0n) is 16.0. The highest BCUT2D eigenvalue weighted by atomic mass is 16.7. The van der Waals surface area contributed by atoms with E-state index in [1.807, 2.05) is 0 Å². The highest BCUT2D eigenvalue weighted by molar-refractivity contribution is 5.77. The minimum absolute atomic E-state index is 0.0932. The smallest absolute Gasteiger partial charge is 0.184 e. The Morgan fingerprint density at radius 1 is 0.893 bits per heavy atom. The van der Waals surface area contributed by atoms with E-state index in [1.54, 1.807) is 0 Å². The normalized spacial score (nSPS) is 23.5. The first-order valence-corrected chi connectivity index (χ1v) is 9.90. The number of aromatic nitrogens is 1. The SMILES string of the molecule is Cn1cc(-c2ccc(C3OCCO3)cc2)cc1C1=CCC(C2OCCO2)C=C1. The van der Waals surface area contributed by atoms with E-state index in [0.29, 0.717) is 32.3 Å². The summed E-state index contributed by atoms with van der Waals surface area (Å²) in [5.74, 6) is 0.304. The Labute approximate surface area is 165 Å². The molecule has 0 bridgehead atoms. The first-order chi connectivity index (χ1) is 13.8. The average molecular weight is 379 g/mol. The Bertz CT molecular complexity index is 884. The van der Waals surface area contributed by atoms with Crippen molar-refractivity contribution in [2.75, 3.05) is 26.4 Å². The summed E-state index contributed by atoms with van der Waals surface area (Å²) in [7, 11) is 2.09. The Morgan fingerprint density at radius 2 is 1.61 bits per heavy atom. The lowest BCUT2D eigenvalue weighted by Gasteiger charge is -2.21. The van der Waals surface area contributed by atoms with Crippen molar-refractivity contribution >= 4 is 5.57 Å². The molecule has 0 amide bonds. The number of allylic oxidation sites excluding steroid dienone is 3. The molecular weight excluding hydrogens is 354 g/mol. The summed E-state index contributed by atoms with van der Waals surface area (Å²) in [6.07, 6.45) is 9.49. The van der Waals surface area contributed by atoms with Gasteiger partial charge in [0.15, 0.2) is 12.6 Å². The van der Waals surface area contributed by atoms with Crippen LogP contribution in [-0.4, -0.2) is 37.3 Å². The molecule has 2 aromatic rings. The van der Waals surface area contributed by atoms with Crippen molar-refractivity contribution in [3.05, 3.63) is 66.0 Å². The van der Waals surface area contributed by atoms with Gasteiger partial charge in [0.1, 0.15) is 0 Å². The second-order valence-corrected chi connectivity index (χ2v) is 7.45. The fourth-order valence-electron chi connectivity index (χ4n) is 4.05. The zero-order chi connectivity index (χ0) is 18.9. The van der Waals surface area contributed by atoms with Gasteiger partial charge in [-0.3, -0.25) is 0 Å². The zero-order valence-corrected chi connectivity index (χ0v) is 16.0. The van der Waals surface area contributed by atoms with Gasteiger partial charge < -0.3 is 23.5 Å². The maximum absolute atomic E-state index is 5.64. The quantitative estimate of drug-likeness (QED) is 0.803. The molecule has 146 valence electrons. The summed E-state index contributed by atoms with van der Waals surface area (Å²) in [5.41, 5.74) is 5.92. The monoisotopic (exact) mass is 379 g/mol. The molecule has 3 heterocycles. The molecule has 5 nitrogen and oxygen atoms in total. The van der Waals surface area contributed by atoms with E-state index in [1.165, 1.54) is 22.4 Å². The third-order valence-electron chi connectivity index (χ3n) is 5.57. The molecule has 2 aliphatic heterocycles. The van der Waals surface area contributed by atoms with Crippen molar-refractivity contribution in [3.63, 3.8) is 0 Å². The maximum Gasteiger partial charge on any atom is 0.184 e. The van der Waals surface area contributed by atoms with Gasteiger partial charge in [0.2, 0.25) is 0 Å². The van der Waals surface area contributed by atoms with Crippen molar-refractivity contribution in [1.82, 2.24) is 4.57 Å². The summed E-state index contributed by atoms with van der Waals surface area (Å²) in [6, 6.07) is 10.7. The molecule has 2 fully saturated rings. The first-order valence-electron chi connectivity index (χ1n) is 9.90. The molecule has 1 aromatic heterocycles. The van der Waals surface area contributed by atoms with Gasteiger partial charge in [-0.05, 0) is 29.2 Å². The highest BCUT2D eigenvalue weighted by Crippen LogP contribution is 2.32.